The van der Waals surface area contributed by atoms with Gasteiger partial charge >= 0.3 is 5.97 Å². The molecular weight excluding hydrogens is 346 g/mol. The first kappa shape index (κ1) is 18.5. The Kier molecular flexibility index (Phi) is 6.10. The number of rotatable bonds is 6. The smallest absolute Gasteiger partial charge is 0.331 e. The van der Waals surface area contributed by atoms with Crippen molar-refractivity contribution in [2.24, 2.45) is 0 Å². The van der Waals surface area contributed by atoms with Gasteiger partial charge in [0.05, 0.1) is 6.54 Å². The summed E-state index contributed by atoms with van der Waals surface area (Å²) in [6, 6.07) is 15.0. The molecule has 3 rings (SSSR count). The molecular formula is C21H21NO5. The minimum absolute atomic E-state index is 0.268. The molecule has 0 fully saturated rings. The van der Waals surface area contributed by atoms with Crippen LogP contribution in [0.2, 0.25) is 0 Å². The summed E-state index contributed by atoms with van der Waals surface area (Å²) in [4.78, 5) is 23.6. The van der Waals surface area contributed by atoms with Crippen molar-refractivity contribution in [1.82, 2.24) is 5.32 Å². The number of hydrogen-bond acceptors (Lipinski definition) is 5. The topological polar surface area (TPSA) is 73.9 Å². The van der Waals surface area contributed by atoms with E-state index >= 15 is 0 Å². The van der Waals surface area contributed by atoms with Crippen LogP contribution in [-0.2, 0) is 14.3 Å². The zero-order valence-electron chi connectivity index (χ0n) is 15.0. The molecule has 2 aromatic carbocycles. The van der Waals surface area contributed by atoms with E-state index in [4.69, 9.17) is 14.2 Å². The number of ether oxygens (including phenoxy) is 3. The molecule has 0 radical (unpaired) electrons. The van der Waals surface area contributed by atoms with Crippen molar-refractivity contribution in [3.63, 3.8) is 0 Å². The molecule has 1 atom stereocenters. The van der Waals surface area contributed by atoms with E-state index in [9.17, 15) is 9.59 Å². The number of aryl methyl sites for hydroxylation is 1. The van der Waals surface area contributed by atoms with Crippen molar-refractivity contribution in [3.05, 3.63) is 65.7 Å². The van der Waals surface area contributed by atoms with Crippen molar-refractivity contribution in [1.29, 1.82) is 0 Å². The molecule has 1 heterocycles. The Morgan fingerprint density at radius 3 is 2.70 bits per heavy atom. The zero-order chi connectivity index (χ0) is 19.1. The summed E-state index contributed by atoms with van der Waals surface area (Å²) in [6.07, 6.45) is 2.69. The average molecular weight is 367 g/mol. The van der Waals surface area contributed by atoms with Crippen LogP contribution in [0.3, 0.4) is 0 Å². The Morgan fingerprint density at radius 1 is 1.15 bits per heavy atom. The van der Waals surface area contributed by atoms with Gasteiger partial charge in [0.1, 0.15) is 12.7 Å². The lowest BCUT2D eigenvalue weighted by atomic mass is 10.1. The van der Waals surface area contributed by atoms with Crippen LogP contribution in [0.4, 0.5) is 0 Å². The lowest BCUT2D eigenvalue weighted by Crippen LogP contribution is -2.42. The Morgan fingerprint density at radius 2 is 1.89 bits per heavy atom. The van der Waals surface area contributed by atoms with Crippen LogP contribution in [0.1, 0.15) is 11.1 Å². The van der Waals surface area contributed by atoms with E-state index in [1.54, 1.807) is 6.08 Å². The summed E-state index contributed by atoms with van der Waals surface area (Å²) in [5.74, 6) is 0.375. The maximum absolute atomic E-state index is 11.9. The summed E-state index contributed by atoms with van der Waals surface area (Å²) in [6.45, 7) is 2.22. The Bertz CT molecular complexity index is 846. The van der Waals surface area contributed by atoms with Gasteiger partial charge in [-0.05, 0) is 36.3 Å². The minimum atomic E-state index is -0.570. The molecule has 0 aromatic heterocycles. The van der Waals surface area contributed by atoms with E-state index in [-0.39, 0.29) is 19.3 Å². The fourth-order valence-corrected chi connectivity index (χ4v) is 2.56. The molecule has 0 saturated heterocycles. The Hall–Kier alpha value is -3.28. The SMILES string of the molecule is Cc1ccccc1/C=C/C(=O)OCC(=O)NC[C@H]1COc2ccccc2O1. The van der Waals surface area contributed by atoms with E-state index in [0.717, 1.165) is 11.1 Å². The third-order valence-corrected chi connectivity index (χ3v) is 4.03. The maximum Gasteiger partial charge on any atom is 0.331 e. The first-order valence-corrected chi connectivity index (χ1v) is 8.67. The largest absolute Gasteiger partial charge is 0.486 e. The number of hydrogen-bond donors (Lipinski definition) is 1. The van der Waals surface area contributed by atoms with Crippen LogP contribution in [0.5, 0.6) is 11.5 Å². The van der Waals surface area contributed by atoms with Gasteiger partial charge in [0, 0.05) is 6.08 Å². The van der Waals surface area contributed by atoms with E-state index in [2.05, 4.69) is 5.32 Å². The van der Waals surface area contributed by atoms with Crippen molar-refractivity contribution < 1.29 is 23.8 Å². The first-order chi connectivity index (χ1) is 13.1. The second-order valence-corrected chi connectivity index (χ2v) is 6.10. The highest BCUT2D eigenvalue weighted by Gasteiger charge is 2.21. The van der Waals surface area contributed by atoms with E-state index in [0.29, 0.717) is 18.1 Å². The molecule has 140 valence electrons. The zero-order valence-corrected chi connectivity index (χ0v) is 15.0. The molecule has 1 aliphatic heterocycles. The number of para-hydroxylation sites is 2. The highest BCUT2D eigenvalue weighted by atomic mass is 16.6. The van der Waals surface area contributed by atoms with Gasteiger partial charge in [0.15, 0.2) is 18.1 Å². The number of carbonyl (C=O) groups excluding carboxylic acids is 2. The Balaban J connectivity index is 1.39. The summed E-state index contributed by atoms with van der Waals surface area (Å²) in [5, 5.41) is 2.68. The summed E-state index contributed by atoms with van der Waals surface area (Å²) < 4.78 is 16.3. The normalized spacial score (nSPS) is 15.4. The molecule has 0 unspecified atom stereocenters. The van der Waals surface area contributed by atoms with Gasteiger partial charge < -0.3 is 19.5 Å². The summed E-state index contributed by atoms with van der Waals surface area (Å²) >= 11 is 0. The third-order valence-electron chi connectivity index (χ3n) is 4.03. The highest BCUT2D eigenvalue weighted by Crippen LogP contribution is 2.30. The number of benzene rings is 2. The predicted octanol–water partition coefficient (Wildman–Crippen LogP) is 2.51. The molecule has 6 nitrogen and oxygen atoms in total. The van der Waals surface area contributed by atoms with Crippen LogP contribution in [-0.4, -0.2) is 37.7 Å². The van der Waals surface area contributed by atoms with Gasteiger partial charge in [-0.3, -0.25) is 4.79 Å². The van der Waals surface area contributed by atoms with Crippen molar-refractivity contribution >= 4 is 18.0 Å². The first-order valence-electron chi connectivity index (χ1n) is 8.67. The van der Waals surface area contributed by atoms with Gasteiger partial charge in [-0.25, -0.2) is 4.79 Å². The predicted molar refractivity (Wildman–Crippen MR) is 101 cm³/mol. The van der Waals surface area contributed by atoms with Crippen LogP contribution in [0.25, 0.3) is 6.08 Å². The van der Waals surface area contributed by atoms with Crippen LogP contribution < -0.4 is 14.8 Å². The van der Waals surface area contributed by atoms with Gasteiger partial charge in [-0.1, -0.05) is 36.4 Å². The second-order valence-electron chi connectivity index (χ2n) is 6.10. The Labute approximate surface area is 157 Å². The quantitative estimate of drug-likeness (QED) is 0.627. The summed E-state index contributed by atoms with van der Waals surface area (Å²) in [5.41, 5.74) is 1.98. The average Bonchev–Trinajstić information content (AvgIpc) is 2.70. The number of carbonyl (C=O) groups is 2. The number of esters is 1. The third kappa shape index (κ3) is 5.34. The molecule has 1 amide bonds. The fraction of sp³-hybridized carbons (Fsp3) is 0.238. The lowest BCUT2D eigenvalue weighted by molar-refractivity contribution is -0.143. The van der Waals surface area contributed by atoms with Crippen molar-refractivity contribution in [2.45, 2.75) is 13.0 Å². The molecule has 0 bridgehead atoms. The molecule has 6 heteroatoms. The van der Waals surface area contributed by atoms with Crippen LogP contribution in [0.15, 0.2) is 54.6 Å². The van der Waals surface area contributed by atoms with Crippen LogP contribution >= 0.6 is 0 Å². The van der Waals surface area contributed by atoms with Crippen molar-refractivity contribution in [3.8, 4) is 11.5 Å². The maximum atomic E-state index is 11.9. The van der Waals surface area contributed by atoms with E-state index < -0.39 is 11.9 Å². The molecule has 27 heavy (non-hydrogen) atoms. The lowest BCUT2D eigenvalue weighted by Gasteiger charge is -2.26. The van der Waals surface area contributed by atoms with Gasteiger partial charge in [-0.2, -0.15) is 0 Å². The van der Waals surface area contributed by atoms with Crippen LogP contribution in [0, 0.1) is 6.92 Å². The molecule has 0 saturated carbocycles. The molecule has 1 aliphatic rings. The molecule has 2 aromatic rings. The van der Waals surface area contributed by atoms with Gasteiger partial charge in [-0.15, -0.1) is 0 Å². The highest BCUT2D eigenvalue weighted by molar-refractivity contribution is 5.89. The van der Waals surface area contributed by atoms with E-state index in [1.807, 2.05) is 55.5 Å². The molecule has 0 spiro atoms. The summed E-state index contributed by atoms with van der Waals surface area (Å²) in [7, 11) is 0. The minimum Gasteiger partial charge on any atom is -0.486 e. The molecule has 1 N–H and O–H groups in total. The standard InChI is InChI=1S/C21H21NO5/c1-15-6-2-3-7-16(15)10-11-21(24)26-14-20(23)22-12-17-13-25-18-8-4-5-9-19(18)27-17/h2-11,17H,12-14H2,1H3,(H,22,23)/b11-10+/t17-/m0/s1. The van der Waals surface area contributed by atoms with Crippen molar-refractivity contribution in [2.75, 3.05) is 19.8 Å². The number of fused-ring (bicyclic) bond motifs is 1. The fourth-order valence-electron chi connectivity index (χ4n) is 2.56. The second kappa shape index (κ2) is 8.89. The number of amides is 1. The van der Waals surface area contributed by atoms with Gasteiger partial charge in [0.25, 0.3) is 5.91 Å². The molecule has 0 aliphatic carbocycles. The van der Waals surface area contributed by atoms with Gasteiger partial charge in [0.2, 0.25) is 0 Å². The monoisotopic (exact) mass is 367 g/mol. The van der Waals surface area contributed by atoms with E-state index in [1.165, 1.54) is 6.08 Å². The number of nitrogens with one attached hydrogen (secondary N) is 1.